The van der Waals surface area contributed by atoms with E-state index in [0.717, 1.165) is 11.1 Å². The molecule has 2 aromatic carbocycles. The van der Waals surface area contributed by atoms with Gasteiger partial charge < -0.3 is 9.64 Å². The maximum atomic E-state index is 12.0. The van der Waals surface area contributed by atoms with E-state index in [1.165, 1.54) is 0 Å². The van der Waals surface area contributed by atoms with Crippen molar-refractivity contribution in [1.82, 2.24) is 4.90 Å². The summed E-state index contributed by atoms with van der Waals surface area (Å²) < 4.78 is 5.82. The summed E-state index contributed by atoms with van der Waals surface area (Å²) in [6.45, 7) is 0.138. The van der Waals surface area contributed by atoms with Crippen molar-refractivity contribution < 1.29 is 9.53 Å². The van der Waals surface area contributed by atoms with Gasteiger partial charge in [-0.25, -0.2) is 0 Å². The second-order valence-electron chi connectivity index (χ2n) is 5.00. The Hall–Kier alpha value is -2.13. The van der Waals surface area contributed by atoms with Crippen molar-refractivity contribution in [3.8, 4) is 0 Å². The third-order valence-corrected chi connectivity index (χ3v) is 3.75. The zero-order valence-corrected chi connectivity index (χ0v) is 11.4. The Morgan fingerprint density at radius 1 is 0.950 bits per heavy atom. The average molecular weight is 267 g/mol. The Bertz CT molecular complexity index is 582. The molecule has 0 aliphatic carbocycles. The van der Waals surface area contributed by atoms with Gasteiger partial charge in [-0.1, -0.05) is 60.7 Å². The Morgan fingerprint density at radius 3 is 2.10 bits per heavy atom. The summed E-state index contributed by atoms with van der Waals surface area (Å²) in [7, 11) is 1.85. The molecule has 20 heavy (non-hydrogen) atoms. The summed E-state index contributed by atoms with van der Waals surface area (Å²) in [6.07, 6.45) is -0.124. The minimum absolute atomic E-state index is 0.0195. The van der Waals surface area contributed by atoms with Gasteiger partial charge in [-0.2, -0.15) is 0 Å². The SMILES string of the molecule is CN1C(=O)CO[C@@H](c2ccccc2)[C@H]1c1ccccc1. The number of benzene rings is 2. The topological polar surface area (TPSA) is 29.5 Å². The van der Waals surface area contributed by atoms with Crippen LogP contribution in [0, 0.1) is 0 Å². The molecule has 0 saturated carbocycles. The van der Waals surface area contributed by atoms with Gasteiger partial charge >= 0.3 is 0 Å². The van der Waals surface area contributed by atoms with Crippen LogP contribution in [0.25, 0.3) is 0 Å². The minimum Gasteiger partial charge on any atom is -0.361 e. The lowest BCUT2D eigenvalue weighted by atomic mass is 9.93. The van der Waals surface area contributed by atoms with Gasteiger partial charge in [-0.3, -0.25) is 4.79 Å². The smallest absolute Gasteiger partial charge is 0.248 e. The zero-order valence-electron chi connectivity index (χ0n) is 11.4. The number of amides is 1. The highest BCUT2D eigenvalue weighted by Crippen LogP contribution is 2.38. The molecule has 0 spiro atoms. The average Bonchev–Trinajstić information content (AvgIpc) is 2.51. The second-order valence-corrected chi connectivity index (χ2v) is 5.00. The second kappa shape index (κ2) is 5.47. The molecule has 1 aliphatic heterocycles. The number of rotatable bonds is 2. The molecule has 1 saturated heterocycles. The van der Waals surface area contributed by atoms with E-state index in [0.29, 0.717) is 0 Å². The number of ether oxygens (including phenoxy) is 1. The zero-order chi connectivity index (χ0) is 13.9. The molecule has 0 bridgehead atoms. The van der Waals surface area contributed by atoms with Crippen LogP contribution in [-0.2, 0) is 9.53 Å². The van der Waals surface area contributed by atoms with E-state index in [1.54, 1.807) is 4.90 Å². The molecule has 102 valence electrons. The number of hydrogen-bond donors (Lipinski definition) is 0. The third kappa shape index (κ3) is 2.32. The van der Waals surface area contributed by atoms with Crippen LogP contribution in [0.1, 0.15) is 23.3 Å². The lowest BCUT2D eigenvalue weighted by Gasteiger charge is -2.39. The molecule has 1 fully saturated rings. The molecule has 3 heteroatoms. The number of hydrogen-bond acceptors (Lipinski definition) is 2. The fourth-order valence-electron chi connectivity index (χ4n) is 2.68. The highest BCUT2D eigenvalue weighted by atomic mass is 16.5. The molecule has 1 heterocycles. The fourth-order valence-corrected chi connectivity index (χ4v) is 2.68. The number of nitrogens with zero attached hydrogens (tertiary/aromatic N) is 1. The highest BCUT2D eigenvalue weighted by molar-refractivity contribution is 5.78. The first-order chi connectivity index (χ1) is 9.77. The lowest BCUT2D eigenvalue weighted by Crippen LogP contribution is -2.43. The van der Waals surface area contributed by atoms with Crippen LogP contribution < -0.4 is 0 Å². The van der Waals surface area contributed by atoms with Gasteiger partial charge in [0.1, 0.15) is 12.7 Å². The predicted octanol–water partition coefficient (Wildman–Crippen LogP) is 2.96. The number of likely N-dealkylation sites (N-methyl/N-ethyl adjacent to an activating group) is 1. The van der Waals surface area contributed by atoms with Gasteiger partial charge in [-0.15, -0.1) is 0 Å². The molecule has 0 N–H and O–H groups in total. The summed E-state index contributed by atoms with van der Waals surface area (Å²) in [5, 5.41) is 0. The van der Waals surface area contributed by atoms with Crippen molar-refractivity contribution >= 4 is 5.91 Å². The monoisotopic (exact) mass is 267 g/mol. The van der Waals surface area contributed by atoms with Crippen LogP contribution in [-0.4, -0.2) is 24.5 Å². The lowest BCUT2D eigenvalue weighted by molar-refractivity contribution is -0.155. The molecule has 1 amide bonds. The number of carbonyl (C=O) groups excluding carboxylic acids is 1. The van der Waals surface area contributed by atoms with Gasteiger partial charge in [0.05, 0.1) is 6.04 Å². The molecular formula is C17H17NO2. The molecule has 2 aromatic rings. The van der Waals surface area contributed by atoms with Crippen molar-refractivity contribution in [2.75, 3.05) is 13.7 Å². The summed E-state index contributed by atoms with van der Waals surface area (Å²) in [5.74, 6) is 0.0195. The van der Waals surface area contributed by atoms with Crippen molar-refractivity contribution in [2.45, 2.75) is 12.1 Å². The Labute approximate surface area is 118 Å². The fraction of sp³-hybridized carbons (Fsp3) is 0.235. The first-order valence-electron chi connectivity index (χ1n) is 6.74. The minimum atomic E-state index is -0.124. The van der Waals surface area contributed by atoms with Crippen molar-refractivity contribution in [3.05, 3.63) is 71.8 Å². The predicted molar refractivity (Wildman–Crippen MR) is 77.1 cm³/mol. The van der Waals surface area contributed by atoms with E-state index >= 15 is 0 Å². The maximum absolute atomic E-state index is 12.0. The van der Waals surface area contributed by atoms with Gasteiger partial charge in [-0.05, 0) is 11.1 Å². The molecule has 0 aromatic heterocycles. The largest absolute Gasteiger partial charge is 0.361 e. The summed E-state index contributed by atoms with van der Waals surface area (Å²) in [4.78, 5) is 13.7. The molecule has 2 atom stereocenters. The number of carbonyl (C=O) groups is 1. The van der Waals surface area contributed by atoms with E-state index in [-0.39, 0.29) is 24.7 Å². The van der Waals surface area contributed by atoms with Crippen LogP contribution in [0.4, 0.5) is 0 Å². The summed E-state index contributed by atoms with van der Waals surface area (Å²) in [5.41, 5.74) is 2.19. The van der Waals surface area contributed by atoms with Gasteiger partial charge in [0.25, 0.3) is 0 Å². The van der Waals surface area contributed by atoms with Crippen molar-refractivity contribution in [3.63, 3.8) is 0 Å². The van der Waals surface area contributed by atoms with Crippen molar-refractivity contribution in [2.24, 2.45) is 0 Å². The normalized spacial score (nSPS) is 22.9. The van der Waals surface area contributed by atoms with Crippen LogP contribution in [0.3, 0.4) is 0 Å². The Kier molecular flexibility index (Phi) is 3.52. The molecular weight excluding hydrogens is 250 g/mol. The molecule has 3 nitrogen and oxygen atoms in total. The Balaban J connectivity index is 2.01. The molecule has 0 unspecified atom stereocenters. The van der Waals surface area contributed by atoms with Crippen LogP contribution in [0.5, 0.6) is 0 Å². The first kappa shape index (κ1) is 12.9. The van der Waals surface area contributed by atoms with Gasteiger partial charge in [0.2, 0.25) is 5.91 Å². The Morgan fingerprint density at radius 2 is 1.50 bits per heavy atom. The van der Waals surface area contributed by atoms with E-state index in [4.69, 9.17) is 4.74 Å². The van der Waals surface area contributed by atoms with Crippen molar-refractivity contribution in [1.29, 1.82) is 0 Å². The van der Waals surface area contributed by atoms with E-state index in [2.05, 4.69) is 0 Å². The van der Waals surface area contributed by atoms with E-state index in [1.807, 2.05) is 67.7 Å². The van der Waals surface area contributed by atoms with E-state index < -0.39 is 0 Å². The van der Waals surface area contributed by atoms with E-state index in [9.17, 15) is 4.79 Å². The quantitative estimate of drug-likeness (QED) is 0.837. The maximum Gasteiger partial charge on any atom is 0.248 e. The van der Waals surface area contributed by atoms with Gasteiger partial charge in [0, 0.05) is 7.05 Å². The summed E-state index contributed by atoms with van der Waals surface area (Å²) in [6, 6.07) is 20.0. The van der Waals surface area contributed by atoms with Crippen LogP contribution >= 0.6 is 0 Å². The van der Waals surface area contributed by atoms with Crippen LogP contribution in [0.2, 0.25) is 0 Å². The molecule has 0 radical (unpaired) electrons. The standard InChI is InChI=1S/C17H17NO2/c1-18-15(19)12-20-17(14-10-6-3-7-11-14)16(18)13-8-4-2-5-9-13/h2-11,16-17H,12H2,1H3/t16-,17+/m1/s1. The highest BCUT2D eigenvalue weighted by Gasteiger charge is 2.36. The number of morpholine rings is 1. The van der Waals surface area contributed by atoms with Crippen LogP contribution in [0.15, 0.2) is 60.7 Å². The summed E-state index contributed by atoms with van der Waals surface area (Å²) >= 11 is 0. The molecule has 1 aliphatic rings. The van der Waals surface area contributed by atoms with Gasteiger partial charge in [0.15, 0.2) is 0 Å². The first-order valence-corrected chi connectivity index (χ1v) is 6.74. The molecule has 3 rings (SSSR count). The third-order valence-electron chi connectivity index (χ3n) is 3.75.